The third-order valence-corrected chi connectivity index (χ3v) is 18.7. The van der Waals surface area contributed by atoms with Gasteiger partial charge in [0.1, 0.15) is 0 Å². The molecule has 0 amide bonds. The molecule has 504 valence electrons. The number of rotatable bonds is 6. The molecule has 0 N–H and O–H groups in total. The Morgan fingerprint density at radius 1 is 0.152 bits per heavy atom. The van der Waals surface area contributed by atoms with E-state index in [1.807, 2.05) is 182 Å². The van der Waals surface area contributed by atoms with Crippen LogP contribution < -0.4 is 94.1 Å². The van der Waals surface area contributed by atoms with Crippen LogP contribution in [0.1, 0.15) is 33.4 Å². The number of nitrogens with zero attached hydrogens (tertiary/aromatic N) is 12. The van der Waals surface area contributed by atoms with Gasteiger partial charge in [-0.05, 0) is 214 Å². The predicted molar refractivity (Wildman–Crippen MR) is 403 cm³/mol. The van der Waals surface area contributed by atoms with E-state index in [2.05, 4.69) is 146 Å². The van der Waals surface area contributed by atoms with Crippen LogP contribution in [0.5, 0.6) is 0 Å². The number of hydrogen-bond donors (Lipinski definition) is 0. The Kier molecular flexibility index (Phi) is 18.3. The second-order valence-corrected chi connectivity index (χ2v) is 25.0. The molecule has 6 aromatic heterocycles. The van der Waals surface area contributed by atoms with E-state index in [9.17, 15) is 0 Å². The van der Waals surface area contributed by atoms with Crippen molar-refractivity contribution < 1.29 is 49.5 Å². The normalized spacial score (nSPS) is 21.8. The van der Waals surface area contributed by atoms with Crippen LogP contribution in [0, 0.1) is 36.3 Å². The summed E-state index contributed by atoms with van der Waals surface area (Å²) in [6, 6.07) is 91.6. The van der Waals surface area contributed by atoms with Crippen molar-refractivity contribution in [3.63, 3.8) is 0 Å². The average Bonchev–Trinajstić information content (AvgIpc) is 1.64. The van der Waals surface area contributed by atoms with E-state index in [1.165, 1.54) is 0 Å². The van der Waals surface area contributed by atoms with Crippen LogP contribution in [0.2, 0.25) is 0 Å². The Balaban J connectivity index is 0.000000119. The Labute approximate surface area is 635 Å². The summed E-state index contributed by atoms with van der Waals surface area (Å²) in [5, 5.41) is 40.3. The molecular formula is C90H54N12Ni3. The van der Waals surface area contributed by atoms with Gasteiger partial charge in [-0.2, -0.15) is 0 Å². The van der Waals surface area contributed by atoms with Crippen LogP contribution in [0.3, 0.4) is 0 Å². The summed E-state index contributed by atoms with van der Waals surface area (Å²) < 4.78 is 0. The van der Waals surface area contributed by atoms with Gasteiger partial charge in [0, 0.05) is 36.5 Å². The minimum atomic E-state index is 0. The zero-order chi connectivity index (χ0) is 67.5. The summed E-state index contributed by atoms with van der Waals surface area (Å²) in [4.78, 5) is 29.9. The first kappa shape index (κ1) is 66.9. The number of aromatic nitrogens is 6. The minimum absolute atomic E-state index is 0. The molecule has 0 unspecified atom stereocenters. The first-order valence-corrected chi connectivity index (χ1v) is 33.8. The Morgan fingerprint density at radius 2 is 0.286 bits per heavy atom. The molecule has 6 aromatic carbocycles. The van der Waals surface area contributed by atoms with Crippen molar-refractivity contribution in [1.82, 2.24) is 29.9 Å². The fraction of sp³-hybridized carbons (Fsp3) is 0. The van der Waals surface area contributed by atoms with Gasteiger partial charge in [-0.25, -0.2) is 0 Å². The summed E-state index contributed by atoms with van der Waals surface area (Å²) >= 11 is 0. The third kappa shape index (κ3) is 12.7. The molecule has 12 nitrogen and oxygen atoms in total. The zero-order valence-corrected chi connectivity index (χ0v) is 58.5. The Morgan fingerprint density at radius 3 is 0.429 bits per heavy atom. The van der Waals surface area contributed by atoms with Crippen molar-refractivity contribution in [1.29, 1.82) is 0 Å². The van der Waals surface area contributed by atoms with Crippen molar-refractivity contribution in [2.45, 2.75) is 0 Å². The molecule has 0 atom stereocenters. The van der Waals surface area contributed by atoms with Gasteiger partial charge in [0.05, 0.1) is 66.8 Å². The molecule has 0 radical (unpaired) electrons. The fourth-order valence-corrected chi connectivity index (χ4v) is 13.9. The molecule has 15 heterocycles. The SMILES string of the molecule is C1=C[C+]2[N-]/C1=c1/cc/c([n-]1)=C(\c1ccccc1)[C+]1C=C/C(=c3\cc/c([n-]3)=C/2c2ccccc2)[N-]1.C1=C[C+]2[N-]/C1=c1/cc/c([n-]1)=C(\c1ccccc1)[C+]1C=C/C(=c3\cc/c([n-]3)=C/2c2ccccc2)[N-]1.C1=C[C+]2[N-]/C1=c1/cc/c([n-]1)=C(\c1ccccc1)[C+]1C=C/C(=c3\cc/c([n-]3)=C/2c2ccccc2)[N-]1.[Ni+2].[Ni+2].[Ni+2]. The van der Waals surface area contributed by atoms with Crippen LogP contribution in [-0.2, 0) is 49.5 Å². The molecule has 0 spiro atoms. The second-order valence-electron chi connectivity index (χ2n) is 25.0. The second kappa shape index (κ2) is 28.7. The first-order valence-electron chi connectivity index (χ1n) is 33.8. The van der Waals surface area contributed by atoms with E-state index in [1.54, 1.807) is 0 Å². The monoisotopic (exact) mass is 1480 g/mol. The van der Waals surface area contributed by atoms with Crippen molar-refractivity contribution >= 4 is 67.6 Å². The third-order valence-electron chi connectivity index (χ3n) is 18.7. The summed E-state index contributed by atoms with van der Waals surface area (Å²) in [6.07, 6.45) is 24.6. The summed E-state index contributed by atoms with van der Waals surface area (Å²) in [5.74, 6) is 0. The van der Waals surface area contributed by atoms with Gasteiger partial charge < -0.3 is 61.8 Å². The maximum atomic E-state index is 4.98. The number of fused-ring (bicyclic) bond motifs is 24. The average molecular weight is 1480 g/mol. The molecule has 0 saturated carbocycles. The molecule has 12 aromatic rings. The van der Waals surface area contributed by atoms with E-state index in [0.717, 1.165) is 201 Å². The van der Waals surface area contributed by atoms with Crippen LogP contribution in [0.4, 0.5) is 0 Å². The Bertz CT molecular complexity index is 5340. The number of hydrogen-bond acceptors (Lipinski definition) is 0. The standard InChI is InChI=1S/3C30H18N4.3Ni/c3*1-3-7-19(8-4-1)29-25-15-11-21(31-25)23-13-17-27(33-23)30(20-9-5-2-6-10-20)28-18-14-24(34-28)22-12-16-26(29)32-22;;;/h3*1-18H;;;/q3*-2;3*+2/b3*23-21-,24-22-,29-25-,30-28-;;;. The van der Waals surface area contributed by atoms with E-state index in [-0.39, 0.29) is 49.5 Å². The van der Waals surface area contributed by atoms with Crippen molar-refractivity contribution in [3.8, 4) is 0 Å². The van der Waals surface area contributed by atoms with Gasteiger partial charge >= 0.3 is 49.5 Å². The molecule has 0 saturated heterocycles. The molecular weight excluding hydrogens is 1430 g/mol. The summed E-state index contributed by atoms with van der Waals surface area (Å²) in [5.41, 5.74) is 17.6. The van der Waals surface area contributed by atoms with E-state index >= 15 is 0 Å². The molecule has 15 heteroatoms. The predicted octanol–water partition coefficient (Wildman–Crippen LogP) is 8.63. The quantitative estimate of drug-likeness (QED) is 0.119. The maximum Gasteiger partial charge on any atom is 2.00 e. The molecule has 9 aliphatic rings. The van der Waals surface area contributed by atoms with E-state index < -0.39 is 0 Å². The van der Waals surface area contributed by atoms with Crippen molar-refractivity contribution in [2.24, 2.45) is 0 Å². The van der Waals surface area contributed by atoms with Crippen LogP contribution >= 0.6 is 0 Å². The molecule has 21 rings (SSSR count). The van der Waals surface area contributed by atoms with Gasteiger partial charge in [0.2, 0.25) is 0 Å². The molecule has 24 bridgehead atoms. The van der Waals surface area contributed by atoms with Crippen LogP contribution in [0.15, 0.2) is 328 Å². The molecule has 9 aliphatic heterocycles. The van der Waals surface area contributed by atoms with Crippen molar-refractivity contribution in [2.75, 3.05) is 0 Å². The van der Waals surface area contributed by atoms with Gasteiger partial charge in [-0.3, -0.25) is 0 Å². The Hall–Kier alpha value is -12.6. The number of benzene rings is 6. The van der Waals surface area contributed by atoms with Crippen molar-refractivity contribution in [3.05, 3.63) is 493 Å². The minimum Gasteiger partial charge on any atom is -0.612 e. The zero-order valence-electron chi connectivity index (χ0n) is 55.5. The smallest absolute Gasteiger partial charge is 0.612 e. The summed E-state index contributed by atoms with van der Waals surface area (Å²) in [7, 11) is 0. The molecule has 0 fully saturated rings. The molecule has 105 heavy (non-hydrogen) atoms. The van der Waals surface area contributed by atoms with Crippen LogP contribution in [-0.4, -0.2) is 0 Å². The summed E-state index contributed by atoms with van der Waals surface area (Å²) in [6.45, 7) is 0. The van der Waals surface area contributed by atoms with Gasteiger partial charge in [0.25, 0.3) is 0 Å². The first-order chi connectivity index (χ1) is 50.5. The maximum absolute atomic E-state index is 4.98. The van der Waals surface area contributed by atoms with E-state index in [4.69, 9.17) is 61.8 Å². The van der Waals surface area contributed by atoms with Gasteiger partial charge in [0.15, 0.2) is 0 Å². The largest absolute Gasteiger partial charge is 2.00 e. The fourth-order valence-electron chi connectivity index (χ4n) is 13.9. The van der Waals surface area contributed by atoms with Gasteiger partial charge in [-0.15, -0.1) is 32.1 Å². The van der Waals surface area contributed by atoms with Crippen LogP contribution in [0.25, 0.3) is 99.5 Å². The molecule has 0 aliphatic carbocycles. The van der Waals surface area contributed by atoms with E-state index in [0.29, 0.717) is 0 Å². The van der Waals surface area contributed by atoms with Gasteiger partial charge in [-0.1, -0.05) is 180 Å². The topological polar surface area (TPSA) is 169 Å².